The molecular weight excluding hydrogens is 202 g/mol. The normalized spacial score (nSPS) is 24.1. The maximum Gasteiger partial charge on any atom is 0.212 e. The van der Waals surface area contributed by atoms with Crippen molar-refractivity contribution in [3.05, 3.63) is 49.1 Å². The first-order valence-electron chi connectivity index (χ1n) is 5.09. The lowest BCUT2D eigenvalue weighted by molar-refractivity contribution is 0.225. The van der Waals surface area contributed by atoms with Gasteiger partial charge in [0.05, 0.1) is 0 Å². The van der Waals surface area contributed by atoms with Crippen molar-refractivity contribution in [1.29, 1.82) is 0 Å². The molecule has 2 aromatic rings. The Kier molecular flexibility index (Phi) is 1.89. The summed E-state index contributed by atoms with van der Waals surface area (Å²) < 4.78 is 2.01. The highest BCUT2D eigenvalue weighted by Gasteiger charge is 2.25. The first-order valence-corrected chi connectivity index (χ1v) is 5.09. The summed E-state index contributed by atoms with van der Waals surface area (Å²) in [5.41, 5.74) is 1.65. The highest BCUT2D eigenvalue weighted by molar-refractivity contribution is 5.70. The molecule has 16 heavy (non-hydrogen) atoms. The van der Waals surface area contributed by atoms with Gasteiger partial charge in [-0.1, -0.05) is 6.08 Å². The third-order valence-electron chi connectivity index (χ3n) is 2.68. The minimum Gasteiger partial charge on any atom is -0.232 e. The summed E-state index contributed by atoms with van der Waals surface area (Å²) in [4.78, 5) is 8.59. The highest BCUT2D eigenvalue weighted by Crippen LogP contribution is 2.13. The van der Waals surface area contributed by atoms with Gasteiger partial charge in [-0.2, -0.15) is 5.84 Å². The quantitative estimate of drug-likeness (QED) is 0.565. The van der Waals surface area contributed by atoms with E-state index >= 15 is 0 Å². The molecule has 0 radical (unpaired) electrons. The zero-order valence-electron chi connectivity index (χ0n) is 8.69. The fourth-order valence-electron chi connectivity index (χ4n) is 1.84. The molecule has 0 fully saturated rings. The molecule has 1 atom stereocenters. The smallest absolute Gasteiger partial charge is 0.212 e. The second-order valence-corrected chi connectivity index (χ2v) is 3.77. The molecular formula is C11H12N5+. The molecule has 0 aliphatic carbocycles. The molecule has 0 aromatic carbocycles. The lowest BCUT2D eigenvalue weighted by Gasteiger charge is -2.28. The van der Waals surface area contributed by atoms with Crippen molar-refractivity contribution in [2.45, 2.75) is 0 Å². The van der Waals surface area contributed by atoms with Crippen molar-refractivity contribution in [3.8, 4) is 0 Å². The predicted molar refractivity (Wildman–Crippen MR) is 62.4 cm³/mol. The van der Waals surface area contributed by atoms with Crippen molar-refractivity contribution in [1.82, 2.24) is 19.3 Å². The third-order valence-corrected chi connectivity index (χ3v) is 2.68. The van der Waals surface area contributed by atoms with E-state index in [0.717, 1.165) is 11.2 Å². The van der Waals surface area contributed by atoms with Crippen molar-refractivity contribution < 1.29 is 0 Å². The molecule has 2 aromatic heterocycles. The zero-order chi connectivity index (χ0) is 11.0. The van der Waals surface area contributed by atoms with E-state index in [2.05, 4.69) is 9.97 Å². The second-order valence-electron chi connectivity index (χ2n) is 3.77. The Bertz CT molecular complexity index is 583. The zero-order valence-corrected chi connectivity index (χ0v) is 8.69. The molecule has 0 spiro atoms. The molecule has 0 saturated carbocycles. The monoisotopic (exact) mass is 214 g/mol. The largest absolute Gasteiger partial charge is 0.232 e. The number of hydrogen-bond acceptors (Lipinski definition) is 3. The first kappa shape index (κ1) is 9.26. The summed E-state index contributed by atoms with van der Waals surface area (Å²) >= 11 is 0. The minimum absolute atomic E-state index is 0.157. The van der Waals surface area contributed by atoms with Gasteiger partial charge < -0.3 is 0 Å². The summed E-state index contributed by atoms with van der Waals surface area (Å²) in [6.45, 7) is 0.693. The molecule has 2 N–H and O–H groups in total. The van der Waals surface area contributed by atoms with Crippen LogP contribution in [0.2, 0.25) is 0 Å². The first-order chi connectivity index (χ1) is 7.80. The molecule has 80 valence electrons. The van der Waals surface area contributed by atoms with Crippen LogP contribution >= 0.6 is 0 Å². The molecule has 1 aliphatic rings. The Morgan fingerprint density at radius 2 is 2.25 bits per heavy atom. The molecule has 0 bridgehead atoms. The van der Waals surface area contributed by atoms with E-state index in [1.165, 1.54) is 0 Å². The van der Waals surface area contributed by atoms with Crippen LogP contribution in [-0.2, 0) is 0 Å². The lowest BCUT2D eigenvalue weighted by atomic mass is 10.4. The number of nitrogens with zero attached hydrogens (tertiary/aromatic N) is 4. The second kappa shape index (κ2) is 3.26. The van der Waals surface area contributed by atoms with E-state index in [0.29, 0.717) is 6.54 Å². The number of rotatable bonds is 1. The third kappa shape index (κ3) is 1.26. The predicted octanol–water partition coefficient (Wildman–Crippen LogP) is 0.827. The fraction of sp³-hybridized carbons (Fsp3) is 0.0909. The van der Waals surface area contributed by atoms with Crippen LogP contribution in [0.25, 0.3) is 11.2 Å². The fourth-order valence-corrected chi connectivity index (χ4v) is 1.84. The molecule has 0 saturated heterocycles. The van der Waals surface area contributed by atoms with Crippen molar-refractivity contribution in [2.75, 3.05) is 6.54 Å². The van der Waals surface area contributed by atoms with Gasteiger partial charge in [0.2, 0.25) is 5.65 Å². The molecule has 5 nitrogen and oxygen atoms in total. The summed E-state index contributed by atoms with van der Waals surface area (Å²) in [5, 5.41) is 0. The van der Waals surface area contributed by atoms with Crippen LogP contribution in [0.15, 0.2) is 49.1 Å². The Hall–Kier alpha value is -1.98. The van der Waals surface area contributed by atoms with E-state index in [1.54, 1.807) is 12.5 Å². The van der Waals surface area contributed by atoms with Gasteiger partial charge in [0.15, 0.2) is 6.33 Å². The standard InChI is InChI=1S/C11H12N5/c12-16(7-2-1-3-8-16)15-9-14-10-5-4-6-13-11(10)15/h1-7,9H,8,12H2/q+1. The average Bonchev–Trinajstić information content (AvgIpc) is 2.74. The van der Waals surface area contributed by atoms with E-state index in [9.17, 15) is 0 Å². The molecule has 1 unspecified atom stereocenters. The van der Waals surface area contributed by atoms with E-state index in [-0.39, 0.29) is 4.70 Å². The number of hydrogen-bond donors (Lipinski definition) is 1. The van der Waals surface area contributed by atoms with Crippen molar-refractivity contribution >= 4 is 11.2 Å². The maximum absolute atomic E-state index is 6.27. The summed E-state index contributed by atoms with van der Waals surface area (Å²) in [6.07, 6.45) is 11.3. The Morgan fingerprint density at radius 3 is 3.06 bits per heavy atom. The van der Waals surface area contributed by atoms with Crippen LogP contribution < -0.4 is 10.5 Å². The number of pyridine rings is 1. The van der Waals surface area contributed by atoms with E-state index in [4.69, 9.17) is 5.84 Å². The van der Waals surface area contributed by atoms with Crippen LogP contribution in [0.3, 0.4) is 0 Å². The number of allylic oxidation sites excluding steroid dienone is 2. The number of aromatic nitrogens is 3. The van der Waals surface area contributed by atoms with Crippen LogP contribution in [0.1, 0.15) is 0 Å². The van der Waals surface area contributed by atoms with Crippen LogP contribution in [-0.4, -0.2) is 21.2 Å². The average molecular weight is 214 g/mol. The van der Waals surface area contributed by atoms with Crippen LogP contribution in [0, 0.1) is 0 Å². The van der Waals surface area contributed by atoms with Gasteiger partial charge >= 0.3 is 0 Å². The maximum atomic E-state index is 6.27. The number of nitrogens with two attached hydrogens (primary N) is 1. The van der Waals surface area contributed by atoms with Gasteiger partial charge in [-0.05, 0) is 24.3 Å². The van der Waals surface area contributed by atoms with E-state index < -0.39 is 0 Å². The molecule has 3 rings (SSSR count). The SMILES string of the molecule is N[N+]1(n2cnc3cccnc32)C=CC=CC1. The summed E-state index contributed by atoms with van der Waals surface area (Å²) in [5.74, 6) is 6.27. The van der Waals surface area contributed by atoms with Crippen molar-refractivity contribution in [2.24, 2.45) is 5.84 Å². The number of fused-ring (bicyclic) bond motifs is 1. The van der Waals surface area contributed by atoms with Gasteiger partial charge in [-0.15, -0.1) is 9.38 Å². The summed E-state index contributed by atoms with van der Waals surface area (Å²) in [6, 6.07) is 3.79. The summed E-state index contributed by atoms with van der Waals surface area (Å²) in [7, 11) is 0. The minimum atomic E-state index is 0.157. The van der Waals surface area contributed by atoms with Crippen LogP contribution in [0.4, 0.5) is 0 Å². The Labute approximate surface area is 92.7 Å². The number of imidazole rings is 1. The Balaban J connectivity index is 2.19. The molecule has 1 aliphatic heterocycles. The van der Waals surface area contributed by atoms with Gasteiger partial charge in [0, 0.05) is 6.20 Å². The number of quaternary nitrogens is 1. The van der Waals surface area contributed by atoms with E-state index in [1.807, 2.05) is 41.2 Å². The van der Waals surface area contributed by atoms with Gasteiger partial charge in [-0.3, -0.25) is 0 Å². The lowest BCUT2D eigenvalue weighted by Crippen LogP contribution is -2.60. The van der Waals surface area contributed by atoms with Gasteiger partial charge in [0.25, 0.3) is 0 Å². The molecule has 5 heteroatoms. The van der Waals surface area contributed by atoms with Gasteiger partial charge in [0.1, 0.15) is 18.3 Å². The molecule has 0 amide bonds. The Morgan fingerprint density at radius 1 is 1.31 bits per heavy atom. The van der Waals surface area contributed by atoms with Gasteiger partial charge in [-0.25, -0.2) is 9.97 Å². The highest BCUT2D eigenvalue weighted by atomic mass is 15.8. The van der Waals surface area contributed by atoms with Crippen LogP contribution in [0.5, 0.6) is 0 Å². The molecule has 3 heterocycles. The topological polar surface area (TPSA) is 56.7 Å². The van der Waals surface area contributed by atoms with Crippen molar-refractivity contribution in [3.63, 3.8) is 0 Å².